The van der Waals surface area contributed by atoms with Crippen LogP contribution in [-0.2, 0) is 9.47 Å². The third-order valence-corrected chi connectivity index (χ3v) is 4.77. The Kier molecular flexibility index (Phi) is 4.11. The minimum atomic E-state index is 0.218. The highest BCUT2D eigenvalue weighted by molar-refractivity contribution is 7.19. The molecule has 0 N–H and O–H groups in total. The first kappa shape index (κ1) is 15.7. The quantitative estimate of drug-likeness (QED) is 0.678. The molecule has 0 saturated heterocycles. The van der Waals surface area contributed by atoms with Crippen molar-refractivity contribution in [1.29, 1.82) is 0 Å². The lowest BCUT2D eigenvalue weighted by molar-refractivity contribution is 0.0798. The van der Waals surface area contributed by atoms with Gasteiger partial charge in [-0.05, 0) is 43.7 Å². The zero-order valence-electron chi connectivity index (χ0n) is 14.0. The van der Waals surface area contributed by atoms with E-state index in [0.29, 0.717) is 5.88 Å². The molecule has 6 heteroatoms. The van der Waals surface area contributed by atoms with E-state index in [1.165, 1.54) is 5.56 Å². The summed E-state index contributed by atoms with van der Waals surface area (Å²) in [6, 6.07) is 14.2. The van der Waals surface area contributed by atoms with Gasteiger partial charge in [0.15, 0.2) is 5.13 Å². The fourth-order valence-corrected chi connectivity index (χ4v) is 3.53. The van der Waals surface area contributed by atoms with Crippen molar-refractivity contribution in [2.75, 3.05) is 11.7 Å². The van der Waals surface area contributed by atoms with Gasteiger partial charge in [0, 0.05) is 11.9 Å². The molecule has 2 aromatic heterocycles. The maximum atomic E-state index is 5.61. The van der Waals surface area contributed by atoms with Gasteiger partial charge >= 0.3 is 0 Å². The highest BCUT2D eigenvalue weighted by Crippen LogP contribution is 2.37. The highest BCUT2D eigenvalue weighted by Gasteiger charge is 2.23. The maximum Gasteiger partial charge on any atom is 0.239 e. The van der Waals surface area contributed by atoms with Crippen molar-refractivity contribution in [1.82, 2.24) is 9.97 Å². The van der Waals surface area contributed by atoms with Crippen LogP contribution in [0.3, 0.4) is 0 Å². The summed E-state index contributed by atoms with van der Waals surface area (Å²) in [4.78, 5) is 12.2. The van der Waals surface area contributed by atoms with Gasteiger partial charge in [0.2, 0.25) is 12.7 Å². The summed E-state index contributed by atoms with van der Waals surface area (Å²) in [5.74, 6) is 0.628. The fourth-order valence-electron chi connectivity index (χ4n) is 2.62. The molecule has 0 radical (unpaired) electrons. The number of anilines is 2. The molecule has 0 unspecified atom stereocenters. The number of hydrogen-bond acceptors (Lipinski definition) is 6. The van der Waals surface area contributed by atoms with Crippen LogP contribution in [0.1, 0.15) is 11.3 Å². The summed E-state index contributed by atoms with van der Waals surface area (Å²) >= 11 is 1.57. The first-order valence-electron chi connectivity index (χ1n) is 7.92. The molecule has 0 atom stereocenters. The Morgan fingerprint density at radius 2 is 2.00 bits per heavy atom. The van der Waals surface area contributed by atoms with E-state index in [0.717, 1.165) is 27.1 Å². The molecular weight excluding hydrogens is 334 g/mol. The topological polar surface area (TPSA) is 47.5 Å². The summed E-state index contributed by atoms with van der Waals surface area (Å²) in [5, 5.41) is 0.806. The van der Waals surface area contributed by atoms with Crippen molar-refractivity contribution in [2.45, 2.75) is 13.8 Å². The largest absolute Gasteiger partial charge is 0.459 e. The molecule has 0 spiro atoms. The van der Waals surface area contributed by atoms with Gasteiger partial charge in [0.05, 0.1) is 16.3 Å². The van der Waals surface area contributed by atoms with Crippen LogP contribution >= 0.6 is 11.3 Å². The molecule has 126 valence electrons. The lowest BCUT2D eigenvalue weighted by atomic mass is 10.2. The molecule has 25 heavy (non-hydrogen) atoms. The number of ether oxygens (including phenoxy) is 2. The first-order valence-corrected chi connectivity index (χ1v) is 8.73. The average Bonchev–Trinajstić information content (AvgIpc) is 3.28. The van der Waals surface area contributed by atoms with Crippen LogP contribution in [0, 0.1) is 13.8 Å². The third-order valence-electron chi connectivity index (χ3n) is 3.76. The van der Waals surface area contributed by atoms with Crippen molar-refractivity contribution in [3.63, 3.8) is 0 Å². The fraction of sp³-hybridized carbons (Fsp3) is 0.158. The minimum absolute atomic E-state index is 0.218. The zero-order chi connectivity index (χ0) is 17.2. The summed E-state index contributed by atoms with van der Waals surface area (Å²) < 4.78 is 10.9. The number of aryl methyl sites for hydroxylation is 2. The number of thiazole rings is 1. The molecule has 0 bridgehead atoms. The molecule has 0 aliphatic carbocycles. The lowest BCUT2D eigenvalue weighted by Crippen LogP contribution is -2.16. The molecule has 0 amide bonds. The Morgan fingerprint density at radius 1 is 1.12 bits per heavy atom. The van der Waals surface area contributed by atoms with E-state index in [1.807, 2.05) is 48.4 Å². The van der Waals surface area contributed by atoms with Gasteiger partial charge in [0.1, 0.15) is 6.26 Å². The minimum Gasteiger partial charge on any atom is -0.459 e. The SMILES string of the molecule is Cc1cccc(N(C2=COCO2)c2ncc(-c3cccc(C)n3)s2)c1. The second kappa shape index (κ2) is 6.57. The number of hydrogen-bond donors (Lipinski definition) is 0. The monoisotopic (exact) mass is 351 g/mol. The number of rotatable bonds is 4. The zero-order valence-corrected chi connectivity index (χ0v) is 14.8. The van der Waals surface area contributed by atoms with E-state index in [1.54, 1.807) is 17.6 Å². The van der Waals surface area contributed by atoms with Crippen LogP contribution < -0.4 is 4.90 Å². The van der Waals surface area contributed by atoms with Gasteiger partial charge in [-0.2, -0.15) is 0 Å². The standard InChI is InChI=1S/C19H17N3O2S/c1-13-5-3-7-15(9-13)22(18-11-23-12-24-18)19-20-10-17(25-19)16-8-4-6-14(2)21-16/h3-11H,12H2,1-2H3. The first-order chi connectivity index (χ1) is 12.2. The average molecular weight is 351 g/mol. The van der Waals surface area contributed by atoms with Gasteiger partial charge in [-0.1, -0.05) is 29.5 Å². The molecule has 0 saturated carbocycles. The van der Waals surface area contributed by atoms with Crippen LogP contribution in [0.15, 0.2) is 60.8 Å². The Bertz CT molecular complexity index is 936. The predicted molar refractivity (Wildman–Crippen MR) is 98.5 cm³/mol. The number of benzene rings is 1. The second-order valence-corrected chi connectivity index (χ2v) is 6.74. The van der Waals surface area contributed by atoms with Crippen LogP contribution in [0.2, 0.25) is 0 Å². The van der Waals surface area contributed by atoms with Crippen molar-refractivity contribution < 1.29 is 9.47 Å². The summed E-state index contributed by atoms with van der Waals surface area (Å²) in [7, 11) is 0. The Hall–Kier alpha value is -2.86. The van der Waals surface area contributed by atoms with E-state index < -0.39 is 0 Å². The Balaban J connectivity index is 1.76. The van der Waals surface area contributed by atoms with Gasteiger partial charge in [-0.25, -0.2) is 4.98 Å². The molecule has 3 heterocycles. The Labute approximate surface area is 150 Å². The van der Waals surface area contributed by atoms with E-state index in [4.69, 9.17) is 9.47 Å². The van der Waals surface area contributed by atoms with E-state index >= 15 is 0 Å². The number of nitrogens with zero attached hydrogens (tertiary/aromatic N) is 3. The predicted octanol–water partition coefficient (Wildman–Crippen LogP) is 4.76. The molecular formula is C19H17N3O2S. The third kappa shape index (κ3) is 3.21. The summed E-state index contributed by atoms with van der Waals surface area (Å²) in [6.45, 7) is 4.26. The van der Waals surface area contributed by atoms with Crippen LogP contribution in [0.25, 0.3) is 10.6 Å². The van der Waals surface area contributed by atoms with Gasteiger partial charge in [-0.3, -0.25) is 9.88 Å². The van der Waals surface area contributed by atoms with E-state index in [2.05, 4.69) is 29.0 Å². The van der Waals surface area contributed by atoms with E-state index in [-0.39, 0.29) is 6.79 Å². The van der Waals surface area contributed by atoms with Gasteiger partial charge in [0.25, 0.3) is 0 Å². The molecule has 4 rings (SSSR count). The van der Waals surface area contributed by atoms with Gasteiger partial charge < -0.3 is 9.47 Å². The molecule has 1 aliphatic rings. The molecule has 0 fully saturated rings. The van der Waals surface area contributed by atoms with Crippen molar-refractivity contribution in [2.24, 2.45) is 0 Å². The van der Waals surface area contributed by atoms with Crippen molar-refractivity contribution in [3.05, 3.63) is 72.1 Å². The number of aromatic nitrogens is 2. The second-order valence-electron chi connectivity index (χ2n) is 5.73. The molecule has 5 nitrogen and oxygen atoms in total. The van der Waals surface area contributed by atoms with Crippen LogP contribution in [0.5, 0.6) is 0 Å². The van der Waals surface area contributed by atoms with Gasteiger partial charge in [-0.15, -0.1) is 0 Å². The van der Waals surface area contributed by atoms with Crippen LogP contribution in [-0.4, -0.2) is 16.8 Å². The smallest absolute Gasteiger partial charge is 0.239 e. The van der Waals surface area contributed by atoms with Crippen molar-refractivity contribution in [3.8, 4) is 10.6 Å². The molecule has 3 aromatic rings. The summed E-state index contributed by atoms with van der Waals surface area (Å²) in [5.41, 5.74) is 4.05. The van der Waals surface area contributed by atoms with Crippen LogP contribution in [0.4, 0.5) is 10.8 Å². The highest BCUT2D eigenvalue weighted by atomic mass is 32.1. The lowest BCUT2D eigenvalue weighted by Gasteiger charge is -2.21. The number of pyridine rings is 1. The van der Waals surface area contributed by atoms with E-state index in [9.17, 15) is 0 Å². The maximum absolute atomic E-state index is 5.61. The Morgan fingerprint density at radius 3 is 2.76 bits per heavy atom. The van der Waals surface area contributed by atoms with Crippen molar-refractivity contribution >= 4 is 22.2 Å². The molecule has 1 aliphatic heterocycles. The summed E-state index contributed by atoms with van der Waals surface area (Å²) in [6.07, 6.45) is 3.47. The normalized spacial score (nSPS) is 13.1. The molecule has 1 aromatic carbocycles.